The van der Waals surface area contributed by atoms with Gasteiger partial charge in [0.1, 0.15) is 0 Å². The molecule has 0 radical (unpaired) electrons. The Morgan fingerprint density at radius 3 is 2.45 bits per heavy atom. The number of carbonyl (C=O) groups is 2. The van der Waals surface area contributed by atoms with Crippen LogP contribution in [0.5, 0.6) is 0 Å². The van der Waals surface area contributed by atoms with Crippen LogP contribution in [0.15, 0.2) is 78.5 Å². The number of rotatable bonds is 4. The molecular weight excluding hydrogens is 362 g/mol. The molecule has 1 heterocycles. The summed E-state index contributed by atoms with van der Waals surface area (Å²) in [6.45, 7) is 0. The van der Waals surface area contributed by atoms with Gasteiger partial charge in [0.15, 0.2) is 0 Å². The highest BCUT2D eigenvalue weighted by Gasteiger charge is 2.29. The molecule has 2 aliphatic rings. The SMILES string of the molecule is CN(C)c1ccc(C(=O)Nc2ccc(C3=CNC(=O)C4=CC=CCC43)cc2)cc1. The van der Waals surface area contributed by atoms with Crippen molar-refractivity contribution in [2.45, 2.75) is 6.42 Å². The van der Waals surface area contributed by atoms with Crippen molar-refractivity contribution in [1.82, 2.24) is 5.32 Å². The van der Waals surface area contributed by atoms with Crippen molar-refractivity contribution in [3.8, 4) is 0 Å². The van der Waals surface area contributed by atoms with Crippen LogP contribution < -0.4 is 15.5 Å². The molecule has 5 nitrogen and oxygen atoms in total. The molecule has 4 rings (SSSR count). The molecule has 2 N–H and O–H groups in total. The van der Waals surface area contributed by atoms with Gasteiger partial charge in [0.2, 0.25) is 0 Å². The number of hydrogen-bond acceptors (Lipinski definition) is 3. The first-order chi connectivity index (χ1) is 14.0. The normalized spacial score (nSPS) is 17.6. The van der Waals surface area contributed by atoms with Crippen molar-refractivity contribution in [3.63, 3.8) is 0 Å². The Balaban J connectivity index is 1.48. The van der Waals surface area contributed by atoms with Crippen LogP contribution in [-0.2, 0) is 4.79 Å². The van der Waals surface area contributed by atoms with E-state index in [-0.39, 0.29) is 17.7 Å². The van der Waals surface area contributed by atoms with Gasteiger partial charge in [-0.25, -0.2) is 0 Å². The van der Waals surface area contributed by atoms with Crippen molar-refractivity contribution in [1.29, 1.82) is 0 Å². The zero-order valence-corrected chi connectivity index (χ0v) is 16.5. The lowest BCUT2D eigenvalue weighted by Crippen LogP contribution is -2.31. The summed E-state index contributed by atoms with van der Waals surface area (Å²) in [5.41, 5.74) is 5.30. The van der Waals surface area contributed by atoms with Gasteiger partial charge in [-0.15, -0.1) is 0 Å². The number of anilines is 2. The molecule has 5 heteroatoms. The highest BCUT2D eigenvalue weighted by molar-refractivity contribution is 6.04. The molecule has 2 aromatic rings. The van der Waals surface area contributed by atoms with E-state index >= 15 is 0 Å². The zero-order chi connectivity index (χ0) is 20.4. The third-order valence-corrected chi connectivity index (χ3v) is 5.28. The number of nitrogens with one attached hydrogen (secondary N) is 2. The lowest BCUT2D eigenvalue weighted by atomic mass is 9.80. The van der Waals surface area contributed by atoms with E-state index in [0.717, 1.165) is 34.5 Å². The maximum absolute atomic E-state index is 12.5. The summed E-state index contributed by atoms with van der Waals surface area (Å²) in [7, 11) is 3.93. The number of amides is 2. The molecule has 0 aromatic heterocycles. The topological polar surface area (TPSA) is 61.4 Å². The van der Waals surface area contributed by atoms with Crippen LogP contribution in [0.2, 0.25) is 0 Å². The number of allylic oxidation sites excluding steroid dienone is 4. The van der Waals surface area contributed by atoms with Crippen molar-refractivity contribution >= 4 is 28.8 Å². The van der Waals surface area contributed by atoms with Crippen LogP contribution in [0, 0.1) is 5.92 Å². The molecule has 1 unspecified atom stereocenters. The second-order valence-electron chi connectivity index (χ2n) is 7.38. The van der Waals surface area contributed by atoms with Gasteiger partial charge in [-0.1, -0.05) is 30.4 Å². The van der Waals surface area contributed by atoms with Crippen molar-refractivity contribution in [2.24, 2.45) is 5.92 Å². The Morgan fingerprint density at radius 1 is 1.03 bits per heavy atom. The average Bonchev–Trinajstić information content (AvgIpc) is 2.75. The average molecular weight is 385 g/mol. The maximum Gasteiger partial charge on any atom is 0.255 e. The van der Waals surface area contributed by atoms with Gasteiger partial charge in [-0.05, 0) is 54.0 Å². The van der Waals surface area contributed by atoms with E-state index < -0.39 is 0 Å². The van der Waals surface area contributed by atoms with Gasteiger partial charge < -0.3 is 15.5 Å². The number of benzene rings is 2. The molecule has 0 saturated heterocycles. The lowest BCUT2D eigenvalue weighted by molar-refractivity contribution is -0.117. The van der Waals surface area contributed by atoms with E-state index in [1.54, 1.807) is 6.20 Å². The van der Waals surface area contributed by atoms with Crippen LogP contribution in [0.3, 0.4) is 0 Å². The van der Waals surface area contributed by atoms with Crippen LogP contribution >= 0.6 is 0 Å². The molecule has 0 bridgehead atoms. The summed E-state index contributed by atoms with van der Waals surface area (Å²) >= 11 is 0. The van der Waals surface area contributed by atoms with Gasteiger partial charge in [0, 0.05) is 48.7 Å². The Morgan fingerprint density at radius 2 is 1.76 bits per heavy atom. The molecule has 146 valence electrons. The number of carbonyl (C=O) groups excluding carboxylic acids is 2. The van der Waals surface area contributed by atoms with E-state index in [4.69, 9.17) is 0 Å². The first-order valence-electron chi connectivity index (χ1n) is 9.60. The molecule has 0 fully saturated rings. The maximum atomic E-state index is 12.5. The Kier molecular flexibility index (Phi) is 5.04. The molecule has 0 spiro atoms. The molecule has 1 atom stereocenters. The fraction of sp³-hybridized carbons (Fsp3) is 0.167. The molecule has 2 amide bonds. The predicted molar refractivity (Wildman–Crippen MR) is 117 cm³/mol. The Hall–Kier alpha value is -3.60. The highest BCUT2D eigenvalue weighted by atomic mass is 16.2. The van der Waals surface area contributed by atoms with E-state index in [9.17, 15) is 9.59 Å². The third kappa shape index (κ3) is 3.85. The number of nitrogens with zero attached hydrogens (tertiary/aromatic N) is 1. The summed E-state index contributed by atoms with van der Waals surface area (Å²) in [4.78, 5) is 26.6. The van der Waals surface area contributed by atoms with E-state index in [1.807, 2.05) is 79.7 Å². The quantitative estimate of drug-likeness (QED) is 0.837. The monoisotopic (exact) mass is 385 g/mol. The van der Waals surface area contributed by atoms with Crippen molar-refractivity contribution < 1.29 is 9.59 Å². The molecule has 1 aliphatic heterocycles. The fourth-order valence-electron chi connectivity index (χ4n) is 3.63. The third-order valence-electron chi connectivity index (χ3n) is 5.28. The second-order valence-corrected chi connectivity index (χ2v) is 7.38. The smallest absolute Gasteiger partial charge is 0.255 e. The van der Waals surface area contributed by atoms with Gasteiger partial charge >= 0.3 is 0 Å². The first kappa shape index (κ1) is 18.7. The van der Waals surface area contributed by atoms with E-state index in [0.29, 0.717) is 5.56 Å². The molecule has 29 heavy (non-hydrogen) atoms. The first-order valence-corrected chi connectivity index (χ1v) is 9.60. The fourth-order valence-corrected chi connectivity index (χ4v) is 3.63. The van der Waals surface area contributed by atoms with E-state index in [2.05, 4.69) is 16.7 Å². The highest BCUT2D eigenvalue weighted by Crippen LogP contribution is 2.36. The Labute approximate surface area is 170 Å². The summed E-state index contributed by atoms with van der Waals surface area (Å²) in [6, 6.07) is 15.2. The summed E-state index contributed by atoms with van der Waals surface area (Å²) in [6.07, 6.45) is 8.50. The van der Waals surface area contributed by atoms with Crippen LogP contribution in [0.1, 0.15) is 22.3 Å². The summed E-state index contributed by atoms with van der Waals surface area (Å²) < 4.78 is 0. The van der Waals surface area contributed by atoms with Gasteiger partial charge in [-0.2, -0.15) is 0 Å². The van der Waals surface area contributed by atoms with Crippen molar-refractivity contribution in [3.05, 3.63) is 89.7 Å². The zero-order valence-electron chi connectivity index (χ0n) is 16.5. The molecule has 1 aliphatic carbocycles. The summed E-state index contributed by atoms with van der Waals surface area (Å²) in [5.74, 6) is -0.105. The summed E-state index contributed by atoms with van der Waals surface area (Å²) in [5, 5.41) is 5.77. The van der Waals surface area contributed by atoms with Crippen LogP contribution in [-0.4, -0.2) is 25.9 Å². The van der Waals surface area contributed by atoms with Gasteiger partial charge in [0.05, 0.1) is 0 Å². The molecular formula is C24H23N3O2. The van der Waals surface area contributed by atoms with Gasteiger partial charge in [0.25, 0.3) is 11.8 Å². The number of fused-ring (bicyclic) bond motifs is 1. The van der Waals surface area contributed by atoms with Crippen molar-refractivity contribution in [2.75, 3.05) is 24.3 Å². The standard InChI is InChI=1S/C24H23N3O2/c1-27(2)19-13-9-17(10-14-19)23(28)26-18-11-7-16(8-12-18)22-15-25-24(29)21-6-4-3-5-20(21)22/h3-4,6-15,20H,5H2,1-2H3,(H,25,29)(H,26,28). The lowest BCUT2D eigenvalue weighted by Gasteiger charge is -2.28. The number of hydrogen-bond donors (Lipinski definition) is 2. The van der Waals surface area contributed by atoms with Crippen LogP contribution in [0.25, 0.3) is 5.57 Å². The largest absolute Gasteiger partial charge is 0.378 e. The molecule has 2 aromatic carbocycles. The molecule has 0 saturated carbocycles. The van der Waals surface area contributed by atoms with E-state index in [1.165, 1.54) is 0 Å². The Bertz CT molecular complexity index is 1030. The minimum absolute atomic E-state index is 0.0349. The minimum Gasteiger partial charge on any atom is -0.378 e. The minimum atomic E-state index is -0.144. The van der Waals surface area contributed by atoms with Crippen LogP contribution in [0.4, 0.5) is 11.4 Å². The van der Waals surface area contributed by atoms with Gasteiger partial charge in [-0.3, -0.25) is 9.59 Å². The second kappa shape index (κ2) is 7.80. The predicted octanol–water partition coefficient (Wildman–Crippen LogP) is 3.98.